The smallest absolute Gasteiger partial charge is 0.270 e. The molecule has 1 N–H and O–H groups in total. The minimum Gasteiger partial charge on any atom is -0.465 e. The highest BCUT2D eigenvalue weighted by molar-refractivity contribution is 6.05. The Morgan fingerprint density at radius 3 is 2.46 bits per heavy atom. The van der Waals surface area contributed by atoms with Gasteiger partial charge in [0.25, 0.3) is 11.8 Å². The first-order valence-electron chi connectivity index (χ1n) is 8.06. The highest BCUT2D eigenvalue weighted by atomic mass is 16.3. The number of furan rings is 1. The molecule has 0 saturated carbocycles. The lowest BCUT2D eigenvalue weighted by atomic mass is 10.1. The van der Waals surface area contributed by atoms with Gasteiger partial charge in [-0.15, -0.1) is 0 Å². The molecule has 0 radical (unpaired) electrons. The second-order valence-corrected chi connectivity index (χ2v) is 5.89. The van der Waals surface area contributed by atoms with E-state index in [0.717, 1.165) is 18.4 Å². The SMILES string of the molecule is Cc1ccc(C(=O)NC(=Cc2ccco2)C(=O)N2CCCC2)cc1. The molecule has 5 heteroatoms. The second kappa shape index (κ2) is 7.17. The number of rotatable bonds is 4. The summed E-state index contributed by atoms with van der Waals surface area (Å²) in [6.45, 7) is 3.39. The third kappa shape index (κ3) is 3.74. The number of hydrogen-bond acceptors (Lipinski definition) is 3. The molecule has 1 aromatic heterocycles. The summed E-state index contributed by atoms with van der Waals surface area (Å²) in [6.07, 6.45) is 5.09. The number of likely N-dealkylation sites (tertiary alicyclic amines) is 1. The Labute approximate surface area is 141 Å². The van der Waals surface area contributed by atoms with Crippen molar-refractivity contribution in [2.24, 2.45) is 0 Å². The molecule has 0 bridgehead atoms. The molecule has 24 heavy (non-hydrogen) atoms. The Kier molecular flexibility index (Phi) is 4.79. The Morgan fingerprint density at radius 1 is 1.12 bits per heavy atom. The molecule has 2 heterocycles. The van der Waals surface area contributed by atoms with E-state index in [2.05, 4.69) is 5.32 Å². The molecule has 1 aliphatic rings. The maximum Gasteiger partial charge on any atom is 0.270 e. The van der Waals surface area contributed by atoms with Crippen LogP contribution in [0.3, 0.4) is 0 Å². The molecular formula is C19H20N2O3. The van der Waals surface area contributed by atoms with Crippen molar-refractivity contribution in [3.63, 3.8) is 0 Å². The molecule has 5 nitrogen and oxygen atoms in total. The van der Waals surface area contributed by atoms with Crippen molar-refractivity contribution in [2.45, 2.75) is 19.8 Å². The molecule has 124 valence electrons. The highest BCUT2D eigenvalue weighted by Gasteiger charge is 2.23. The van der Waals surface area contributed by atoms with Crippen molar-refractivity contribution < 1.29 is 14.0 Å². The number of nitrogens with one attached hydrogen (secondary N) is 1. The van der Waals surface area contributed by atoms with E-state index in [4.69, 9.17) is 4.42 Å². The van der Waals surface area contributed by atoms with Crippen molar-refractivity contribution in [2.75, 3.05) is 13.1 Å². The van der Waals surface area contributed by atoms with Crippen LogP contribution in [0.15, 0.2) is 52.8 Å². The molecule has 2 aromatic rings. The van der Waals surface area contributed by atoms with Crippen molar-refractivity contribution >= 4 is 17.9 Å². The van der Waals surface area contributed by atoms with Crippen molar-refractivity contribution in [3.05, 3.63) is 65.2 Å². The zero-order chi connectivity index (χ0) is 16.9. The van der Waals surface area contributed by atoms with Gasteiger partial charge in [0, 0.05) is 24.7 Å². The van der Waals surface area contributed by atoms with Gasteiger partial charge in [0.1, 0.15) is 11.5 Å². The van der Waals surface area contributed by atoms with Gasteiger partial charge < -0.3 is 14.6 Å². The van der Waals surface area contributed by atoms with Gasteiger partial charge >= 0.3 is 0 Å². The number of carbonyl (C=O) groups is 2. The fraction of sp³-hybridized carbons (Fsp3) is 0.263. The van der Waals surface area contributed by atoms with E-state index < -0.39 is 0 Å². The first kappa shape index (κ1) is 16.1. The molecule has 3 rings (SSSR count). The predicted molar refractivity (Wildman–Crippen MR) is 91.1 cm³/mol. The molecule has 0 aliphatic carbocycles. The van der Waals surface area contributed by atoms with Crippen LogP contribution in [-0.2, 0) is 4.79 Å². The quantitative estimate of drug-likeness (QED) is 0.880. The average molecular weight is 324 g/mol. The summed E-state index contributed by atoms with van der Waals surface area (Å²) < 4.78 is 5.28. The fourth-order valence-electron chi connectivity index (χ4n) is 2.66. The summed E-state index contributed by atoms with van der Waals surface area (Å²) in [6, 6.07) is 10.7. The van der Waals surface area contributed by atoms with Gasteiger partial charge in [0.2, 0.25) is 0 Å². The lowest BCUT2D eigenvalue weighted by Gasteiger charge is -2.18. The Balaban J connectivity index is 1.82. The third-order valence-corrected chi connectivity index (χ3v) is 4.02. The third-order valence-electron chi connectivity index (χ3n) is 4.02. The number of benzene rings is 1. The van der Waals surface area contributed by atoms with Gasteiger partial charge in [-0.2, -0.15) is 0 Å². The van der Waals surface area contributed by atoms with Crippen LogP contribution in [-0.4, -0.2) is 29.8 Å². The number of aryl methyl sites for hydroxylation is 1. The predicted octanol–water partition coefficient (Wildman–Crippen LogP) is 2.98. The zero-order valence-corrected chi connectivity index (χ0v) is 13.6. The van der Waals surface area contributed by atoms with E-state index in [-0.39, 0.29) is 17.5 Å². The standard InChI is InChI=1S/C19H20N2O3/c1-14-6-8-15(9-7-14)18(22)20-17(13-16-5-4-12-24-16)19(23)21-10-2-3-11-21/h4-9,12-13H,2-3,10-11H2,1H3,(H,20,22). The molecule has 1 aliphatic heterocycles. The van der Waals surface area contributed by atoms with Crippen molar-refractivity contribution in [3.8, 4) is 0 Å². The maximum atomic E-state index is 12.7. The van der Waals surface area contributed by atoms with Gasteiger partial charge in [-0.3, -0.25) is 9.59 Å². The van der Waals surface area contributed by atoms with Crippen LogP contribution in [0.5, 0.6) is 0 Å². The van der Waals surface area contributed by atoms with Crippen LogP contribution in [0.4, 0.5) is 0 Å². The molecule has 1 fully saturated rings. The van der Waals surface area contributed by atoms with Crippen molar-refractivity contribution in [1.82, 2.24) is 10.2 Å². The van der Waals surface area contributed by atoms with Gasteiger partial charge in [0.05, 0.1) is 6.26 Å². The summed E-state index contributed by atoms with van der Waals surface area (Å²) in [7, 11) is 0. The van der Waals surface area contributed by atoms with Crippen LogP contribution in [0.25, 0.3) is 6.08 Å². The van der Waals surface area contributed by atoms with Gasteiger partial charge in [-0.1, -0.05) is 17.7 Å². The lowest BCUT2D eigenvalue weighted by molar-refractivity contribution is -0.126. The van der Waals surface area contributed by atoms with Crippen LogP contribution in [0, 0.1) is 6.92 Å². The second-order valence-electron chi connectivity index (χ2n) is 5.89. The van der Waals surface area contributed by atoms with Gasteiger partial charge in [-0.05, 0) is 44.0 Å². The average Bonchev–Trinajstić information content (AvgIpc) is 3.28. The first-order chi connectivity index (χ1) is 11.6. The summed E-state index contributed by atoms with van der Waals surface area (Å²) in [5.41, 5.74) is 1.82. The van der Waals surface area contributed by atoms with E-state index in [1.165, 1.54) is 6.26 Å². The van der Waals surface area contributed by atoms with Crippen molar-refractivity contribution in [1.29, 1.82) is 0 Å². The first-order valence-corrected chi connectivity index (χ1v) is 8.06. The molecule has 0 spiro atoms. The summed E-state index contributed by atoms with van der Waals surface area (Å²) in [4.78, 5) is 26.9. The highest BCUT2D eigenvalue weighted by Crippen LogP contribution is 2.14. The number of amides is 2. The minimum atomic E-state index is -0.305. The molecule has 1 saturated heterocycles. The summed E-state index contributed by atoms with van der Waals surface area (Å²) in [5.74, 6) is 0.0477. The fourth-order valence-corrected chi connectivity index (χ4v) is 2.66. The van der Waals surface area contributed by atoms with Gasteiger partial charge in [0.15, 0.2) is 0 Å². The summed E-state index contributed by atoms with van der Waals surface area (Å²) >= 11 is 0. The van der Waals surface area contributed by atoms with Crippen LogP contribution < -0.4 is 5.32 Å². The van der Waals surface area contributed by atoms with E-state index in [9.17, 15) is 9.59 Å². The number of carbonyl (C=O) groups excluding carboxylic acids is 2. The Hall–Kier alpha value is -2.82. The molecular weight excluding hydrogens is 304 g/mol. The number of nitrogens with zero attached hydrogens (tertiary/aromatic N) is 1. The normalized spacial score (nSPS) is 14.7. The topological polar surface area (TPSA) is 62.6 Å². The zero-order valence-electron chi connectivity index (χ0n) is 13.6. The van der Waals surface area contributed by atoms with E-state index in [1.54, 1.807) is 35.2 Å². The monoisotopic (exact) mass is 324 g/mol. The van der Waals surface area contributed by atoms with Crippen LogP contribution in [0.2, 0.25) is 0 Å². The molecule has 0 atom stereocenters. The van der Waals surface area contributed by atoms with Crippen LogP contribution in [0.1, 0.15) is 34.5 Å². The molecule has 2 amide bonds. The lowest BCUT2D eigenvalue weighted by Crippen LogP contribution is -2.36. The maximum absolute atomic E-state index is 12.7. The van der Waals surface area contributed by atoms with Gasteiger partial charge in [-0.25, -0.2) is 0 Å². The Bertz CT molecular complexity index is 739. The Morgan fingerprint density at radius 2 is 1.83 bits per heavy atom. The molecule has 1 aromatic carbocycles. The summed E-state index contributed by atoms with van der Waals surface area (Å²) in [5, 5.41) is 2.74. The number of hydrogen-bond donors (Lipinski definition) is 1. The molecule has 0 unspecified atom stereocenters. The van der Waals surface area contributed by atoms with E-state index in [1.807, 2.05) is 19.1 Å². The minimum absolute atomic E-state index is 0.177. The van der Waals surface area contributed by atoms with E-state index in [0.29, 0.717) is 24.4 Å². The van der Waals surface area contributed by atoms with E-state index >= 15 is 0 Å². The van der Waals surface area contributed by atoms with Crippen LogP contribution >= 0.6 is 0 Å². The largest absolute Gasteiger partial charge is 0.465 e.